The van der Waals surface area contributed by atoms with E-state index in [0.29, 0.717) is 16.1 Å². The number of benzene rings is 1. The van der Waals surface area contributed by atoms with Gasteiger partial charge in [0.2, 0.25) is 0 Å². The Hall–Kier alpha value is -0.730. The molecule has 3 N–H and O–H groups in total. The van der Waals surface area contributed by atoms with Crippen molar-refractivity contribution < 1.29 is 0 Å². The van der Waals surface area contributed by atoms with Crippen molar-refractivity contribution in [1.82, 2.24) is 5.32 Å². The molecule has 0 amide bonds. The second-order valence-corrected chi connectivity index (χ2v) is 5.78. The molecule has 0 bridgehead atoms. The molecule has 0 radical (unpaired) electrons. The van der Waals surface area contributed by atoms with E-state index >= 15 is 0 Å². The highest BCUT2D eigenvalue weighted by atomic mass is 35.5. The van der Waals surface area contributed by atoms with Crippen molar-refractivity contribution >= 4 is 17.3 Å². The maximum absolute atomic E-state index is 5.87. The molecule has 1 aliphatic rings. The number of anilines is 1. The number of halogens is 1. The molecule has 88 valence electrons. The summed E-state index contributed by atoms with van der Waals surface area (Å²) >= 11 is 5.87. The zero-order chi connectivity index (χ0) is 11.8. The minimum atomic E-state index is 0.548. The molecule has 2 rings (SSSR count). The van der Waals surface area contributed by atoms with Crippen LogP contribution >= 0.6 is 11.6 Å². The fourth-order valence-corrected chi connectivity index (χ4v) is 2.14. The summed E-state index contributed by atoms with van der Waals surface area (Å²) in [6.07, 6.45) is 1.34. The molecule has 1 unspecified atom stereocenters. The molecule has 1 saturated carbocycles. The Morgan fingerprint density at radius 2 is 2.19 bits per heavy atom. The summed E-state index contributed by atoms with van der Waals surface area (Å²) in [4.78, 5) is 0. The lowest BCUT2D eigenvalue weighted by atomic mass is 10.1. The Labute approximate surface area is 102 Å². The summed E-state index contributed by atoms with van der Waals surface area (Å²) in [5.74, 6) is 0.831. The van der Waals surface area contributed by atoms with Crippen LogP contribution in [0.3, 0.4) is 0 Å². The third-order valence-corrected chi connectivity index (χ3v) is 3.84. The van der Waals surface area contributed by atoms with Crippen LogP contribution in [0.4, 0.5) is 5.69 Å². The zero-order valence-corrected chi connectivity index (χ0v) is 10.6. The van der Waals surface area contributed by atoms with E-state index in [4.69, 9.17) is 17.3 Å². The molecule has 1 aliphatic carbocycles. The number of nitrogens with one attached hydrogen (secondary N) is 1. The van der Waals surface area contributed by atoms with Gasteiger partial charge in [0.05, 0.1) is 10.7 Å². The Morgan fingerprint density at radius 3 is 2.75 bits per heavy atom. The molecule has 1 fully saturated rings. The van der Waals surface area contributed by atoms with E-state index in [1.807, 2.05) is 18.2 Å². The lowest BCUT2D eigenvalue weighted by Gasteiger charge is -2.07. The molecule has 3 heteroatoms. The third-order valence-electron chi connectivity index (χ3n) is 3.50. The Morgan fingerprint density at radius 1 is 1.50 bits per heavy atom. The van der Waals surface area contributed by atoms with Crippen molar-refractivity contribution in [1.29, 1.82) is 0 Å². The molecule has 2 nitrogen and oxygen atoms in total. The second-order valence-electron chi connectivity index (χ2n) is 5.38. The smallest absolute Gasteiger partial charge is 0.0635 e. The SMILES string of the molecule is CC1(C)CC1CNCc1ccc(Cl)c(N)c1. The van der Waals surface area contributed by atoms with Crippen LogP contribution in [0.1, 0.15) is 25.8 Å². The second kappa shape index (κ2) is 4.27. The molecule has 1 aromatic carbocycles. The summed E-state index contributed by atoms with van der Waals surface area (Å²) in [6, 6.07) is 5.81. The minimum Gasteiger partial charge on any atom is -0.398 e. The van der Waals surface area contributed by atoms with Crippen molar-refractivity contribution in [3.05, 3.63) is 28.8 Å². The minimum absolute atomic E-state index is 0.548. The Kier molecular flexibility index (Phi) is 3.13. The van der Waals surface area contributed by atoms with Gasteiger partial charge in [-0.2, -0.15) is 0 Å². The average molecular weight is 239 g/mol. The molecule has 0 aromatic heterocycles. The number of hydrogen-bond donors (Lipinski definition) is 2. The predicted molar refractivity (Wildman–Crippen MR) is 69.5 cm³/mol. The van der Waals surface area contributed by atoms with Crippen LogP contribution in [-0.4, -0.2) is 6.54 Å². The predicted octanol–water partition coefficient (Wildman–Crippen LogP) is 3.06. The van der Waals surface area contributed by atoms with Crippen molar-refractivity contribution in [3.63, 3.8) is 0 Å². The lowest BCUT2D eigenvalue weighted by Crippen LogP contribution is -2.18. The first-order valence-electron chi connectivity index (χ1n) is 5.74. The molecule has 1 atom stereocenters. The topological polar surface area (TPSA) is 38.0 Å². The van der Waals surface area contributed by atoms with Crippen LogP contribution in [0.15, 0.2) is 18.2 Å². The van der Waals surface area contributed by atoms with Gasteiger partial charge in [-0.3, -0.25) is 0 Å². The van der Waals surface area contributed by atoms with Gasteiger partial charge in [0.15, 0.2) is 0 Å². The first-order valence-corrected chi connectivity index (χ1v) is 6.11. The van der Waals surface area contributed by atoms with Gasteiger partial charge in [-0.1, -0.05) is 31.5 Å². The molecule has 0 spiro atoms. The highest BCUT2D eigenvalue weighted by Gasteiger charge is 2.44. The number of nitrogens with two attached hydrogens (primary N) is 1. The largest absolute Gasteiger partial charge is 0.398 e. The van der Waals surface area contributed by atoms with E-state index in [0.717, 1.165) is 19.0 Å². The molecule has 0 saturated heterocycles. The lowest BCUT2D eigenvalue weighted by molar-refractivity contribution is 0.519. The fraction of sp³-hybridized carbons (Fsp3) is 0.538. The van der Waals surface area contributed by atoms with E-state index < -0.39 is 0 Å². The van der Waals surface area contributed by atoms with Crippen molar-refractivity contribution in [3.8, 4) is 0 Å². The molecular weight excluding hydrogens is 220 g/mol. The van der Waals surface area contributed by atoms with Gasteiger partial charge >= 0.3 is 0 Å². The first kappa shape index (κ1) is 11.7. The summed E-state index contributed by atoms with van der Waals surface area (Å²) in [7, 11) is 0. The van der Waals surface area contributed by atoms with Gasteiger partial charge < -0.3 is 11.1 Å². The molecular formula is C13H19ClN2. The Bertz CT molecular complexity index is 388. The highest BCUT2D eigenvalue weighted by Crippen LogP contribution is 2.50. The summed E-state index contributed by atoms with van der Waals surface area (Å²) in [5.41, 5.74) is 8.15. The molecule has 16 heavy (non-hydrogen) atoms. The standard InChI is InChI=1S/C13H19ClN2/c1-13(2)6-10(13)8-16-7-9-3-4-11(14)12(15)5-9/h3-5,10,16H,6-8,15H2,1-2H3. The van der Waals surface area contributed by atoms with Gasteiger partial charge in [0, 0.05) is 6.54 Å². The van der Waals surface area contributed by atoms with Crippen LogP contribution in [0.2, 0.25) is 5.02 Å². The first-order chi connectivity index (χ1) is 7.49. The maximum atomic E-state index is 5.87. The van der Waals surface area contributed by atoms with Gasteiger partial charge in [-0.25, -0.2) is 0 Å². The van der Waals surface area contributed by atoms with Gasteiger partial charge in [-0.15, -0.1) is 0 Å². The summed E-state index contributed by atoms with van der Waals surface area (Å²) in [5, 5.41) is 4.10. The third kappa shape index (κ3) is 2.69. The van der Waals surface area contributed by atoms with Crippen molar-refractivity contribution in [2.24, 2.45) is 11.3 Å². The van der Waals surface area contributed by atoms with Gasteiger partial charge in [-0.05, 0) is 42.0 Å². The van der Waals surface area contributed by atoms with Crippen molar-refractivity contribution in [2.45, 2.75) is 26.8 Å². The average Bonchev–Trinajstić information content (AvgIpc) is 2.80. The van der Waals surface area contributed by atoms with Crippen LogP contribution < -0.4 is 11.1 Å². The molecule has 1 aromatic rings. The monoisotopic (exact) mass is 238 g/mol. The quantitative estimate of drug-likeness (QED) is 0.792. The number of nitrogen functional groups attached to an aromatic ring is 1. The van der Waals surface area contributed by atoms with Gasteiger partial charge in [0.25, 0.3) is 0 Å². The van der Waals surface area contributed by atoms with E-state index in [9.17, 15) is 0 Å². The van der Waals surface area contributed by atoms with Crippen LogP contribution in [0, 0.1) is 11.3 Å². The van der Waals surface area contributed by atoms with Crippen LogP contribution in [0.5, 0.6) is 0 Å². The number of rotatable bonds is 4. The van der Waals surface area contributed by atoms with E-state index in [1.54, 1.807) is 0 Å². The molecule has 0 aliphatic heterocycles. The van der Waals surface area contributed by atoms with Crippen LogP contribution in [-0.2, 0) is 6.54 Å². The van der Waals surface area contributed by atoms with E-state index in [-0.39, 0.29) is 0 Å². The fourth-order valence-electron chi connectivity index (χ4n) is 2.02. The number of hydrogen-bond acceptors (Lipinski definition) is 2. The Balaban J connectivity index is 1.79. The van der Waals surface area contributed by atoms with E-state index in [2.05, 4.69) is 19.2 Å². The van der Waals surface area contributed by atoms with E-state index in [1.165, 1.54) is 12.0 Å². The summed E-state index contributed by atoms with van der Waals surface area (Å²) < 4.78 is 0. The van der Waals surface area contributed by atoms with Crippen molar-refractivity contribution in [2.75, 3.05) is 12.3 Å². The molecule has 0 heterocycles. The zero-order valence-electron chi connectivity index (χ0n) is 9.89. The summed E-state index contributed by atoms with van der Waals surface area (Å²) in [6.45, 7) is 6.60. The normalized spacial score (nSPS) is 22.1. The maximum Gasteiger partial charge on any atom is 0.0635 e. The van der Waals surface area contributed by atoms with Gasteiger partial charge in [0.1, 0.15) is 0 Å². The highest BCUT2D eigenvalue weighted by molar-refractivity contribution is 6.33. The van der Waals surface area contributed by atoms with Crippen LogP contribution in [0.25, 0.3) is 0 Å².